The van der Waals surface area contributed by atoms with Crippen LogP contribution in [-0.4, -0.2) is 83.1 Å². The Morgan fingerprint density at radius 3 is 2.25 bits per heavy atom. The lowest BCUT2D eigenvalue weighted by atomic mass is 10.1. The molecule has 3 amide bonds. The predicted octanol–water partition coefficient (Wildman–Crippen LogP) is -3.17. The molecule has 1 saturated heterocycles. The zero-order valence-corrected chi connectivity index (χ0v) is 17.8. The summed E-state index contributed by atoms with van der Waals surface area (Å²) >= 11 is 0. The van der Waals surface area contributed by atoms with E-state index in [1.807, 2.05) is 0 Å². The molecule has 4 unspecified atom stereocenters. The van der Waals surface area contributed by atoms with Crippen LogP contribution < -0.4 is 32.7 Å². The van der Waals surface area contributed by atoms with Gasteiger partial charge in [0.25, 0.3) is 0 Å². The molecule has 1 fully saturated rings. The van der Waals surface area contributed by atoms with Gasteiger partial charge in [0.05, 0.1) is 12.5 Å². The summed E-state index contributed by atoms with van der Waals surface area (Å²) in [6, 6.07) is -4.33. The van der Waals surface area contributed by atoms with E-state index in [9.17, 15) is 29.1 Å². The molecule has 1 rings (SSSR count). The van der Waals surface area contributed by atoms with E-state index in [4.69, 9.17) is 16.6 Å². The topological polar surface area (TPSA) is 238 Å². The molecular formula is C18H31N7O7. The number of rotatable bonds is 13. The highest BCUT2D eigenvalue weighted by Crippen LogP contribution is 2.05. The van der Waals surface area contributed by atoms with Crippen molar-refractivity contribution < 1.29 is 34.2 Å². The molecule has 1 heterocycles. The highest BCUT2D eigenvalue weighted by atomic mass is 16.4. The van der Waals surface area contributed by atoms with E-state index in [2.05, 4.69) is 26.3 Å². The van der Waals surface area contributed by atoms with E-state index in [1.54, 1.807) is 0 Å². The Labute approximate surface area is 184 Å². The van der Waals surface area contributed by atoms with Crippen molar-refractivity contribution in [2.45, 2.75) is 63.2 Å². The highest BCUT2D eigenvalue weighted by molar-refractivity contribution is 5.95. The van der Waals surface area contributed by atoms with Crippen molar-refractivity contribution >= 4 is 35.6 Å². The Morgan fingerprint density at radius 2 is 1.72 bits per heavy atom. The van der Waals surface area contributed by atoms with Crippen LogP contribution in [0.25, 0.3) is 0 Å². The molecule has 0 aromatic heterocycles. The number of guanidine groups is 1. The van der Waals surface area contributed by atoms with Crippen LogP contribution in [0.15, 0.2) is 4.99 Å². The van der Waals surface area contributed by atoms with E-state index in [1.165, 1.54) is 6.92 Å². The molecule has 180 valence electrons. The number of nitrogens with zero attached hydrogens (tertiary/aromatic N) is 1. The lowest BCUT2D eigenvalue weighted by Crippen LogP contribution is -2.56. The summed E-state index contributed by atoms with van der Waals surface area (Å²) in [6.45, 7) is 2.22. The number of carboxylic acids is 2. The number of carbonyl (C=O) groups excluding carboxylic acids is 3. The lowest BCUT2D eigenvalue weighted by molar-refractivity contribution is -0.143. The molecule has 32 heavy (non-hydrogen) atoms. The molecule has 4 atom stereocenters. The molecule has 0 bridgehead atoms. The van der Waals surface area contributed by atoms with Gasteiger partial charge in [0.15, 0.2) is 5.96 Å². The van der Waals surface area contributed by atoms with Crippen LogP contribution >= 0.6 is 0 Å². The number of aliphatic imine (C=N–C) groups is 1. The van der Waals surface area contributed by atoms with Crippen LogP contribution in [0.2, 0.25) is 0 Å². The Morgan fingerprint density at radius 1 is 1.06 bits per heavy atom. The van der Waals surface area contributed by atoms with Crippen molar-refractivity contribution in [1.82, 2.24) is 21.3 Å². The number of amides is 3. The number of hydrogen-bond acceptors (Lipinski definition) is 7. The van der Waals surface area contributed by atoms with Gasteiger partial charge in [-0.05, 0) is 39.2 Å². The van der Waals surface area contributed by atoms with Gasteiger partial charge < -0.3 is 42.9 Å². The fourth-order valence-electron chi connectivity index (χ4n) is 3.00. The predicted molar refractivity (Wildman–Crippen MR) is 112 cm³/mol. The second kappa shape index (κ2) is 13.1. The van der Waals surface area contributed by atoms with E-state index in [0.717, 1.165) is 6.42 Å². The van der Waals surface area contributed by atoms with Gasteiger partial charge in [0.2, 0.25) is 17.7 Å². The Bertz CT molecular complexity index is 733. The molecule has 1 aliphatic heterocycles. The minimum Gasteiger partial charge on any atom is -0.481 e. The quantitative estimate of drug-likeness (QED) is 0.0783. The van der Waals surface area contributed by atoms with Gasteiger partial charge in [-0.3, -0.25) is 24.2 Å². The summed E-state index contributed by atoms with van der Waals surface area (Å²) in [6.07, 6.45) is 0.902. The smallest absolute Gasteiger partial charge is 0.326 e. The number of carboxylic acid groups (broad SMARTS) is 2. The minimum atomic E-state index is -1.54. The minimum absolute atomic E-state index is 0.0214. The first-order valence-corrected chi connectivity index (χ1v) is 10.2. The molecule has 0 aromatic rings. The van der Waals surface area contributed by atoms with Crippen LogP contribution in [0, 0.1) is 0 Å². The highest BCUT2D eigenvalue weighted by Gasteiger charge is 2.30. The van der Waals surface area contributed by atoms with Gasteiger partial charge in [-0.15, -0.1) is 0 Å². The zero-order valence-electron chi connectivity index (χ0n) is 17.8. The van der Waals surface area contributed by atoms with Crippen molar-refractivity contribution in [2.75, 3.05) is 13.1 Å². The van der Waals surface area contributed by atoms with Crippen LogP contribution in [-0.2, 0) is 24.0 Å². The second-order valence-corrected chi connectivity index (χ2v) is 7.39. The van der Waals surface area contributed by atoms with Crippen molar-refractivity contribution in [1.29, 1.82) is 0 Å². The monoisotopic (exact) mass is 457 g/mol. The van der Waals surface area contributed by atoms with Gasteiger partial charge in [0.1, 0.15) is 18.1 Å². The average molecular weight is 457 g/mol. The lowest BCUT2D eigenvalue weighted by Gasteiger charge is -2.23. The zero-order chi connectivity index (χ0) is 24.3. The third-order valence-corrected chi connectivity index (χ3v) is 4.70. The maximum absolute atomic E-state index is 12.5. The van der Waals surface area contributed by atoms with Crippen LogP contribution in [0.5, 0.6) is 0 Å². The van der Waals surface area contributed by atoms with E-state index in [-0.39, 0.29) is 31.3 Å². The van der Waals surface area contributed by atoms with E-state index < -0.39 is 54.3 Å². The molecular weight excluding hydrogens is 426 g/mol. The van der Waals surface area contributed by atoms with Crippen molar-refractivity contribution in [3.05, 3.63) is 0 Å². The Kier molecular flexibility index (Phi) is 10.9. The van der Waals surface area contributed by atoms with E-state index >= 15 is 0 Å². The molecule has 0 spiro atoms. The number of aliphatic carboxylic acids is 2. The summed E-state index contributed by atoms with van der Waals surface area (Å²) in [4.78, 5) is 63.3. The summed E-state index contributed by atoms with van der Waals surface area (Å²) in [7, 11) is 0. The standard InChI is InChI=1S/C18H31N7O7/c1-9(23-15(29)10-4-2-6-21-10)14(28)25-12(8-13(26)27)16(30)24-11(17(31)32)5-3-7-22-18(19)20/h9-12,21H,2-8H2,1H3,(H,23,29)(H,24,30)(H,25,28)(H,26,27)(H,31,32)(H4,19,20,22). The number of carbonyl (C=O) groups is 5. The maximum atomic E-state index is 12.5. The molecule has 14 heteroatoms. The maximum Gasteiger partial charge on any atom is 0.326 e. The van der Waals surface area contributed by atoms with Crippen molar-refractivity contribution in [2.24, 2.45) is 16.5 Å². The normalized spacial score (nSPS) is 18.0. The molecule has 10 N–H and O–H groups in total. The van der Waals surface area contributed by atoms with Gasteiger partial charge in [-0.2, -0.15) is 0 Å². The first-order valence-electron chi connectivity index (χ1n) is 10.2. The van der Waals surface area contributed by atoms with Crippen LogP contribution in [0.4, 0.5) is 0 Å². The van der Waals surface area contributed by atoms with Crippen molar-refractivity contribution in [3.63, 3.8) is 0 Å². The largest absolute Gasteiger partial charge is 0.481 e. The Balaban J connectivity index is 2.71. The molecule has 0 radical (unpaired) electrons. The number of nitrogens with two attached hydrogens (primary N) is 2. The molecule has 0 saturated carbocycles. The second-order valence-electron chi connectivity index (χ2n) is 7.39. The van der Waals surface area contributed by atoms with Crippen LogP contribution in [0.1, 0.15) is 39.0 Å². The summed E-state index contributed by atoms with van der Waals surface area (Å²) in [5, 5.41) is 28.3. The first-order chi connectivity index (χ1) is 15.0. The van der Waals surface area contributed by atoms with Gasteiger partial charge in [-0.1, -0.05) is 0 Å². The third kappa shape index (κ3) is 9.59. The van der Waals surface area contributed by atoms with Gasteiger partial charge in [0, 0.05) is 6.54 Å². The molecule has 0 aromatic carbocycles. The molecule has 0 aliphatic carbocycles. The number of hydrogen-bond donors (Lipinski definition) is 8. The Hall–Kier alpha value is -3.42. The molecule has 1 aliphatic rings. The fourth-order valence-corrected chi connectivity index (χ4v) is 3.00. The SMILES string of the molecule is CC(NC(=O)C1CCCN1)C(=O)NC(CC(=O)O)C(=O)NC(CCCN=C(N)N)C(=O)O. The summed E-state index contributed by atoms with van der Waals surface area (Å²) < 4.78 is 0. The first kappa shape index (κ1) is 26.6. The average Bonchev–Trinajstić information content (AvgIpc) is 3.23. The summed E-state index contributed by atoms with van der Waals surface area (Å²) in [5.41, 5.74) is 10.4. The van der Waals surface area contributed by atoms with Gasteiger partial charge in [-0.25, -0.2) is 4.79 Å². The molecule has 14 nitrogen and oxygen atoms in total. The summed E-state index contributed by atoms with van der Waals surface area (Å²) in [5.74, 6) is -5.01. The van der Waals surface area contributed by atoms with Crippen molar-refractivity contribution in [3.8, 4) is 0 Å². The van der Waals surface area contributed by atoms with E-state index in [0.29, 0.717) is 13.0 Å². The number of nitrogens with one attached hydrogen (secondary N) is 4. The van der Waals surface area contributed by atoms with Crippen LogP contribution in [0.3, 0.4) is 0 Å². The van der Waals surface area contributed by atoms with Gasteiger partial charge >= 0.3 is 11.9 Å². The fraction of sp³-hybridized carbons (Fsp3) is 0.667. The third-order valence-electron chi connectivity index (χ3n) is 4.70.